The summed E-state index contributed by atoms with van der Waals surface area (Å²) in [7, 11) is 0. The molecule has 6 nitrogen and oxygen atoms in total. The molecule has 1 fully saturated rings. The number of hydrogen-bond acceptors (Lipinski definition) is 5. The second-order valence-corrected chi connectivity index (χ2v) is 7.24. The maximum absolute atomic E-state index is 12.9. The number of aryl methyl sites for hydroxylation is 1. The van der Waals surface area contributed by atoms with E-state index in [0.29, 0.717) is 17.3 Å². The van der Waals surface area contributed by atoms with Gasteiger partial charge in [-0.2, -0.15) is 0 Å². The number of likely N-dealkylation sites (tertiary alicyclic amines) is 1. The first kappa shape index (κ1) is 20.1. The van der Waals surface area contributed by atoms with E-state index < -0.39 is 0 Å². The molecule has 0 radical (unpaired) electrons. The fourth-order valence-corrected chi connectivity index (χ4v) is 3.67. The third kappa shape index (κ3) is 5.00. The van der Waals surface area contributed by atoms with Gasteiger partial charge in [0.05, 0.1) is 0 Å². The number of aromatic nitrogens is 2. The summed E-state index contributed by atoms with van der Waals surface area (Å²) in [6.07, 6.45) is 4.53. The number of amides is 1. The van der Waals surface area contributed by atoms with Crippen LogP contribution in [0, 0.1) is 6.92 Å². The average molecular weight is 382 g/mol. The summed E-state index contributed by atoms with van der Waals surface area (Å²) >= 11 is 0. The van der Waals surface area contributed by atoms with E-state index in [1.165, 1.54) is 18.5 Å². The highest BCUT2D eigenvalue weighted by Gasteiger charge is 2.19. The highest BCUT2D eigenvalue weighted by atomic mass is 16.2. The van der Waals surface area contributed by atoms with E-state index in [1.807, 2.05) is 24.0 Å². The fraction of sp³-hybridized carbons (Fsp3) is 0.500. The Kier molecular flexibility index (Phi) is 6.85. The maximum atomic E-state index is 12.9. The van der Waals surface area contributed by atoms with E-state index in [9.17, 15) is 4.79 Å². The van der Waals surface area contributed by atoms with Crippen LogP contribution >= 0.6 is 0 Å². The van der Waals surface area contributed by atoms with E-state index in [0.717, 1.165) is 44.7 Å². The smallest absolute Gasteiger partial charge is 0.272 e. The van der Waals surface area contributed by atoms with Gasteiger partial charge in [0.2, 0.25) is 0 Å². The number of benzene rings is 1. The van der Waals surface area contributed by atoms with Gasteiger partial charge in [0, 0.05) is 43.6 Å². The average Bonchev–Trinajstić information content (AvgIpc) is 2.99. The molecule has 1 aliphatic heterocycles. The Balaban J connectivity index is 1.75. The minimum absolute atomic E-state index is 0.00679. The van der Waals surface area contributed by atoms with E-state index in [-0.39, 0.29) is 5.91 Å². The molecule has 150 valence electrons. The van der Waals surface area contributed by atoms with Crippen LogP contribution in [0.3, 0.4) is 0 Å². The van der Waals surface area contributed by atoms with Gasteiger partial charge in [0.1, 0.15) is 17.3 Å². The van der Waals surface area contributed by atoms with Crippen molar-refractivity contribution in [2.45, 2.75) is 46.5 Å². The van der Waals surface area contributed by atoms with E-state index in [1.54, 1.807) is 6.07 Å². The SMILES string of the molecule is CCN(CC)c1ccc(Nc2cc(C(=O)N3CCCCCC3)nc(C)n2)cc1. The molecule has 1 aliphatic rings. The molecule has 1 aromatic heterocycles. The zero-order valence-electron chi connectivity index (χ0n) is 17.2. The van der Waals surface area contributed by atoms with Crippen LogP contribution in [0.4, 0.5) is 17.2 Å². The van der Waals surface area contributed by atoms with Gasteiger partial charge in [-0.1, -0.05) is 12.8 Å². The van der Waals surface area contributed by atoms with Crippen molar-refractivity contribution in [3.63, 3.8) is 0 Å². The van der Waals surface area contributed by atoms with Gasteiger partial charge >= 0.3 is 0 Å². The topological polar surface area (TPSA) is 61.4 Å². The molecule has 0 bridgehead atoms. The lowest BCUT2D eigenvalue weighted by atomic mass is 10.2. The van der Waals surface area contributed by atoms with Crippen LogP contribution in [0.15, 0.2) is 30.3 Å². The molecule has 0 atom stereocenters. The molecule has 3 rings (SSSR count). The molecular formula is C22H31N5O. The minimum atomic E-state index is 0.00679. The number of anilines is 3. The van der Waals surface area contributed by atoms with Crippen LogP contribution < -0.4 is 10.2 Å². The highest BCUT2D eigenvalue weighted by molar-refractivity contribution is 5.93. The minimum Gasteiger partial charge on any atom is -0.372 e. The lowest BCUT2D eigenvalue weighted by molar-refractivity contribution is 0.0755. The molecule has 0 spiro atoms. The van der Waals surface area contributed by atoms with Crippen molar-refractivity contribution in [1.82, 2.24) is 14.9 Å². The molecule has 1 N–H and O–H groups in total. The number of hydrogen-bond donors (Lipinski definition) is 1. The van der Waals surface area contributed by atoms with Crippen LogP contribution in [0.1, 0.15) is 55.8 Å². The molecule has 0 unspecified atom stereocenters. The molecule has 6 heteroatoms. The molecule has 0 aliphatic carbocycles. The second-order valence-electron chi connectivity index (χ2n) is 7.24. The van der Waals surface area contributed by atoms with Crippen molar-refractivity contribution < 1.29 is 4.79 Å². The first-order valence-corrected chi connectivity index (χ1v) is 10.4. The molecular weight excluding hydrogens is 350 g/mol. The predicted octanol–water partition coefficient (Wildman–Crippen LogP) is 4.39. The van der Waals surface area contributed by atoms with Crippen molar-refractivity contribution >= 4 is 23.1 Å². The Morgan fingerprint density at radius 2 is 1.68 bits per heavy atom. The van der Waals surface area contributed by atoms with Crippen LogP contribution in [0.5, 0.6) is 0 Å². The first-order chi connectivity index (χ1) is 13.6. The van der Waals surface area contributed by atoms with Crippen molar-refractivity contribution in [2.24, 2.45) is 0 Å². The predicted molar refractivity (Wildman–Crippen MR) is 114 cm³/mol. The molecule has 1 saturated heterocycles. The van der Waals surface area contributed by atoms with E-state index in [4.69, 9.17) is 0 Å². The third-order valence-corrected chi connectivity index (χ3v) is 5.22. The van der Waals surface area contributed by atoms with Gasteiger partial charge in [0.15, 0.2) is 0 Å². The maximum Gasteiger partial charge on any atom is 0.272 e. The van der Waals surface area contributed by atoms with Crippen molar-refractivity contribution in [2.75, 3.05) is 36.4 Å². The largest absolute Gasteiger partial charge is 0.372 e. The summed E-state index contributed by atoms with van der Waals surface area (Å²) in [6.45, 7) is 9.74. The van der Waals surface area contributed by atoms with Gasteiger partial charge in [0.25, 0.3) is 5.91 Å². The third-order valence-electron chi connectivity index (χ3n) is 5.22. The summed E-state index contributed by atoms with van der Waals surface area (Å²) in [4.78, 5) is 26.0. The number of carbonyl (C=O) groups excluding carboxylic acids is 1. The van der Waals surface area contributed by atoms with Crippen LogP contribution in [0.2, 0.25) is 0 Å². The molecule has 1 aromatic carbocycles. The monoisotopic (exact) mass is 381 g/mol. The standard InChI is InChI=1S/C22H31N5O/c1-4-26(5-2)19-12-10-18(11-13-19)25-21-16-20(23-17(3)24-21)22(28)27-14-8-6-7-9-15-27/h10-13,16H,4-9,14-15H2,1-3H3,(H,23,24,25). The van der Waals surface area contributed by atoms with Crippen LogP contribution in [-0.4, -0.2) is 47.0 Å². The van der Waals surface area contributed by atoms with Gasteiger partial charge < -0.3 is 15.1 Å². The Morgan fingerprint density at radius 3 is 2.29 bits per heavy atom. The molecule has 2 aromatic rings. The molecule has 2 heterocycles. The first-order valence-electron chi connectivity index (χ1n) is 10.4. The number of carbonyl (C=O) groups is 1. The van der Waals surface area contributed by atoms with E-state index >= 15 is 0 Å². The highest BCUT2D eigenvalue weighted by Crippen LogP contribution is 2.21. The second kappa shape index (κ2) is 9.53. The summed E-state index contributed by atoms with van der Waals surface area (Å²) in [5, 5.41) is 3.32. The number of rotatable bonds is 6. The lowest BCUT2D eigenvalue weighted by Gasteiger charge is -2.21. The van der Waals surface area contributed by atoms with Gasteiger partial charge in [-0.3, -0.25) is 4.79 Å². The summed E-state index contributed by atoms with van der Waals surface area (Å²) in [6, 6.07) is 10.1. The fourth-order valence-electron chi connectivity index (χ4n) is 3.67. The van der Waals surface area contributed by atoms with Crippen LogP contribution in [0.25, 0.3) is 0 Å². The Bertz CT molecular complexity index is 778. The molecule has 1 amide bonds. The summed E-state index contributed by atoms with van der Waals surface area (Å²) < 4.78 is 0. The van der Waals surface area contributed by atoms with E-state index in [2.05, 4.69) is 46.2 Å². The zero-order chi connectivity index (χ0) is 19.9. The Labute approximate surface area is 168 Å². The molecule has 28 heavy (non-hydrogen) atoms. The lowest BCUT2D eigenvalue weighted by Crippen LogP contribution is -2.32. The van der Waals surface area contributed by atoms with Gasteiger partial charge in [-0.25, -0.2) is 9.97 Å². The summed E-state index contributed by atoms with van der Waals surface area (Å²) in [5.41, 5.74) is 2.62. The number of nitrogens with zero attached hydrogens (tertiary/aromatic N) is 4. The van der Waals surface area contributed by atoms with Crippen molar-refractivity contribution in [3.05, 3.63) is 41.9 Å². The Morgan fingerprint density at radius 1 is 1.04 bits per heavy atom. The quantitative estimate of drug-likeness (QED) is 0.804. The normalized spacial score (nSPS) is 14.5. The van der Waals surface area contributed by atoms with Gasteiger partial charge in [-0.15, -0.1) is 0 Å². The zero-order valence-corrected chi connectivity index (χ0v) is 17.2. The van der Waals surface area contributed by atoms with Gasteiger partial charge in [-0.05, 0) is 57.9 Å². The van der Waals surface area contributed by atoms with Crippen LogP contribution in [-0.2, 0) is 0 Å². The molecule has 0 saturated carbocycles. The van der Waals surface area contributed by atoms with Crippen molar-refractivity contribution in [3.8, 4) is 0 Å². The van der Waals surface area contributed by atoms with Crippen molar-refractivity contribution in [1.29, 1.82) is 0 Å². The summed E-state index contributed by atoms with van der Waals surface area (Å²) in [5.74, 6) is 1.26. The Hall–Kier alpha value is -2.63. The number of nitrogens with one attached hydrogen (secondary N) is 1.